The lowest BCUT2D eigenvalue weighted by Crippen LogP contribution is -2.15. The van der Waals surface area contributed by atoms with E-state index < -0.39 is 12.1 Å². The lowest BCUT2D eigenvalue weighted by atomic mass is 10.1. The highest BCUT2D eigenvalue weighted by atomic mass is 16.5. The molecule has 1 atom stereocenters. The van der Waals surface area contributed by atoms with Gasteiger partial charge in [0.25, 0.3) is 0 Å². The van der Waals surface area contributed by atoms with Gasteiger partial charge in [-0.2, -0.15) is 0 Å². The zero-order chi connectivity index (χ0) is 10.6. The molecule has 0 aromatic heterocycles. The Hall–Kier alpha value is -1.35. The average Bonchev–Trinajstić information content (AvgIpc) is 2.13. The standard InChI is InChI=1S/C11H14O3/c1-3-14-10(11(12)13)9-6-4-5-8(2)7-9/h4-7,10H,3H2,1-2H3,(H,12,13). The first-order chi connectivity index (χ1) is 6.65. The molecule has 0 saturated carbocycles. The van der Waals surface area contributed by atoms with Gasteiger partial charge in [-0.3, -0.25) is 0 Å². The lowest BCUT2D eigenvalue weighted by Gasteiger charge is -2.12. The highest BCUT2D eigenvalue weighted by Crippen LogP contribution is 2.18. The molecule has 0 heterocycles. The van der Waals surface area contributed by atoms with Gasteiger partial charge in [-0.05, 0) is 19.4 Å². The van der Waals surface area contributed by atoms with Crippen molar-refractivity contribution < 1.29 is 14.6 Å². The summed E-state index contributed by atoms with van der Waals surface area (Å²) in [4.78, 5) is 10.9. The summed E-state index contributed by atoms with van der Waals surface area (Å²) in [6.07, 6.45) is -0.847. The third kappa shape index (κ3) is 2.57. The van der Waals surface area contributed by atoms with Gasteiger partial charge in [0.15, 0.2) is 6.10 Å². The first kappa shape index (κ1) is 10.7. The van der Waals surface area contributed by atoms with Crippen LogP contribution in [0.1, 0.15) is 24.2 Å². The monoisotopic (exact) mass is 194 g/mol. The second-order valence-electron chi connectivity index (χ2n) is 3.09. The number of carboxylic acids is 1. The zero-order valence-electron chi connectivity index (χ0n) is 8.36. The SMILES string of the molecule is CCOC(C(=O)O)c1cccc(C)c1. The first-order valence-electron chi connectivity index (χ1n) is 4.56. The molecule has 0 fully saturated rings. The van der Waals surface area contributed by atoms with Crippen LogP contribution < -0.4 is 0 Å². The van der Waals surface area contributed by atoms with Gasteiger partial charge in [0.1, 0.15) is 0 Å². The highest BCUT2D eigenvalue weighted by Gasteiger charge is 2.19. The second kappa shape index (κ2) is 4.77. The molecular formula is C11H14O3. The van der Waals surface area contributed by atoms with E-state index in [0.29, 0.717) is 12.2 Å². The van der Waals surface area contributed by atoms with Crippen molar-refractivity contribution >= 4 is 5.97 Å². The molecule has 0 aliphatic rings. The highest BCUT2D eigenvalue weighted by molar-refractivity contribution is 5.74. The van der Waals surface area contributed by atoms with E-state index in [-0.39, 0.29) is 0 Å². The number of rotatable bonds is 4. The number of hydrogen-bond acceptors (Lipinski definition) is 2. The number of aryl methyl sites for hydroxylation is 1. The van der Waals surface area contributed by atoms with Crippen LogP contribution in [0.3, 0.4) is 0 Å². The molecule has 0 spiro atoms. The third-order valence-corrected chi connectivity index (χ3v) is 1.90. The van der Waals surface area contributed by atoms with Gasteiger partial charge in [0.2, 0.25) is 0 Å². The number of ether oxygens (including phenoxy) is 1. The topological polar surface area (TPSA) is 46.5 Å². The fourth-order valence-corrected chi connectivity index (χ4v) is 1.31. The Bertz CT molecular complexity index is 320. The molecule has 76 valence electrons. The van der Waals surface area contributed by atoms with Crippen molar-refractivity contribution in [3.63, 3.8) is 0 Å². The molecule has 0 aliphatic heterocycles. The van der Waals surface area contributed by atoms with Gasteiger partial charge in [-0.15, -0.1) is 0 Å². The van der Waals surface area contributed by atoms with E-state index in [1.807, 2.05) is 25.1 Å². The van der Waals surface area contributed by atoms with E-state index in [4.69, 9.17) is 9.84 Å². The fourth-order valence-electron chi connectivity index (χ4n) is 1.31. The van der Waals surface area contributed by atoms with Gasteiger partial charge >= 0.3 is 5.97 Å². The summed E-state index contributed by atoms with van der Waals surface area (Å²) in [6, 6.07) is 7.35. The van der Waals surface area contributed by atoms with E-state index >= 15 is 0 Å². The number of hydrogen-bond donors (Lipinski definition) is 1. The smallest absolute Gasteiger partial charge is 0.337 e. The Morgan fingerprint density at radius 3 is 2.79 bits per heavy atom. The Labute approximate surface area is 83.3 Å². The average molecular weight is 194 g/mol. The fraction of sp³-hybridized carbons (Fsp3) is 0.364. The van der Waals surface area contributed by atoms with E-state index in [1.165, 1.54) is 0 Å². The van der Waals surface area contributed by atoms with Crippen LogP contribution in [-0.4, -0.2) is 17.7 Å². The molecule has 0 saturated heterocycles. The quantitative estimate of drug-likeness (QED) is 0.798. The van der Waals surface area contributed by atoms with Crippen LogP contribution in [0.15, 0.2) is 24.3 Å². The molecule has 0 radical (unpaired) electrons. The van der Waals surface area contributed by atoms with Gasteiger partial charge in [0, 0.05) is 6.61 Å². The van der Waals surface area contributed by atoms with Crippen molar-refractivity contribution in [2.24, 2.45) is 0 Å². The molecule has 0 aliphatic carbocycles. The molecule has 14 heavy (non-hydrogen) atoms. The number of carboxylic acid groups (broad SMARTS) is 1. The molecule has 1 unspecified atom stereocenters. The van der Waals surface area contributed by atoms with E-state index in [9.17, 15) is 4.79 Å². The van der Waals surface area contributed by atoms with E-state index in [0.717, 1.165) is 5.56 Å². The predicted octanol–water partition coefficient (Wildman–Crippen LogP) is 2.16. The van der Waals surface area contributed by atoms with Crippen LogP contribution in [-0.2, 0) is 9.53 Å². The molecule has 3 heteroatoms. The van der Waals surface area contributed by atoms with Gasteiger partial charge in [-0.1, -0.05) is 29.8 Å². The largest absolute Gasteiger partial charge is 0.479 e. The zero-order valence-corrected chi connectivity index (χ0v) is 8.36. The maximum absolute atomic E-state index is 10.9. The summed E-state index contributed by atoms with van der Waals surface area (Å²) in [7, 11) is 0. The minimum atomic E-state index is -0.947. The van der Waals surface area contributed by atoms with Crippen molar-refractivity contribution in [1.82, 2.24) is 0 Å². The number of benzene rings is 1. The Kier molecular flexibility index (Phi) is 3.65. The lowest BCUT2D eigenvalue weighted by molar-refractivity contribution is -0.150. The normalized spacial score (nSPS) is 12.4. The molecule has 0 bridgehead atoms. The molecule has 1 rings (SSSR count). The predicted molar refractivity (Wildman–Crippen MR) is 53.2 cm³/mol. The number of aliphatic carboxylic acids is 1. The van der Waals surface area contributed by atoms with Gasteiger partial charge < -0.3 is 9.84 Å². The minimum absolute atomic E-state index is 0.394. The van der Waals surface area contributed by atoms with E-state index in [2.05, 4.69) is 0 Å². The van der Waals surface area contributed by atoms with Crippen molar-refractivity contribution in [3.05, 3.63) is 35.4 Å². The third-order valence-electron chi connectivity index (χ3n) is 1.90. The Balaban J connectivity index is 2.93. The summed E-state index contributed by atoms with van der Waals surface area (Å²) in [6.45, 7) is 4.10. The van der Waals surface area contributed by atoms with E-state index in [1.54, 1.807) is 13.0 Å². The van der Waals surface area contributed by atoms with Crippen molar-refractivity contribution in [3.8, 4) is 0 Å². The van der Waals surface area contributed by atoms with Gasteiger partial charge in [0.05, 0.1) is 0 Å². The summed E-state index contributed by atoms with van der Waals surface area (Å²) in [5.41, 5.74) is 1.73. The van der Waals surface area contributed by atoms with Crippen LogP contribution in [0.5, 0.6) is 0 Å². The molecule has 3 nitrogen and oxygen atoms in total. The molecule has 0 amide bonds. The van der Waals surface area contributed by atoms with Crippen LogP contribution in [0, 0.1) is 6.92 Å². The Morgan fingerprint density at radius 1 is 1.57 bits per heavy atom. The molecule has 1 aromatic rings. The number of carbonyl (C=O) groups is 1. The molecule has 1 N–H and O–H groups in total. The Morgan fingerprint density at radius 2 is 2.29 bits per heavy atom. The maximum atomic E-state index is 10.9. The molecule has 1 aromatic carbocycles. The summed E-state index contributed by atoms with van der Waals surface area (Å²) in [5.74, 6) is -0.947. The van der Waals surface area contributed by atoms with Crippen LogP contribution >= 0.6 is 0 Å². The minimum Gasteiger partial charge on any atom is -0.479 e. The maximum Gasteiger partial charge on any atom is 0.337 e. The van der Waals surface area contributed by atoms with Gasteiger partial charge in [-0.25, -0.2) is 4.79 Å². The second-order valence-corrected chi connectivity index (χ2v) is 3.09. The van der Waals surface area contributed by atoms with Crippen molar-refractivity contribution in [2.45, 2.75) is 20.0 Å². The summed E-state index contributed by atoms with van der Waals surface area (Å²) < 4.78 is 5.14. The van der Waals surface area contributed by atoms with Crippen molar-refractivity contribution in [1.29, 1.82) is 0 Å². The van der Waals surface area contributed by atoms with Crippen LogP contribution in [0.25, 0.3) is 0 Å². The molecular weight excluding hydrogens is 180 g/mol. The van der Waals surface area contributed by atoms with Crippen molar-refractivity contribution in [2.75, 3.05) is 6.61 Å². The summed E-state index contributed by atoms with van der Waals surface area (Å²) in [5, 5.41) is 8.92. The first-order valence-corrected chi connectivity index (χ1v) is 4.56. The van der Waals surface area contributed by atoms with Crippen LogP contribution in [0.4, 0.5) is 0 Å². The van der Waals surface area contributed by atoms with Crippen LogP contribution in [0.2, 0.25) is 0 Å². The summed E-state index contributed by atoms with van der Waals surface area (Å²) >= 11 is 0.